The van der Waals surface area contributed by atoms with Crippen LogP contribution in [-0.4, -0.2) is 14.2 Å². The van der Waals surface area contributed by atoms with Crippen molar-refractivity contribution in [2.45, 2.75) is 6.04 Å². The number of hydrogen-bond acceptors (Lipinski definition) is 2. The lowest BCUT2D eigenvalue weighted by Crippen LogP contribution is -2.18. The van der Waals surface area contributed by atoms with Gasteiger partial charge in [-0.15, -0.1) is 0 Å². The van der Waals surface area contributed by atoms with Crippen molar-refractivity contribution in [2.24, 2.45) is 0 Å². The Morgan fingerprint density at radius 1 is 1.10 bits per heavy atom. The summed E-state index contributed by atoms with van der Waals surface area (Å²) in [4.78, 5) is 0. The summed E-state index contributed by atoms with van der Waals surface area (Å²) in [6.07, 6.45) is 0. The van der Waals surface area contributed by atoms with Crippen LogP contribution in [0, 0.1) is 0 Å². The Kier molecular flexibility index (Phi) is 5.49. The minimum absolute atomic E-state index is 0.0730. The average molecular weight is 420 g/mol. The van der Waals surface area contributed by atoms with Crippen LogP contribution in [0.4, 0.5) is 0 Å². The number of benzene rings is 2. The van der Waals surface area contributed by atoms with Crippen molar-refractivity contribution in [3.05, 3.63) is 61.5 Å². The fourth-order valence-electron chi connectivity index (χ4n) is 2.06. The van der Waals surface area contributed by atoms with Crippen LogP contribution in [0.3, 0.4) is 0 Å². The summed E-state index contributed by atoms with van der Waals surface area (Å²) in [7, 11) is 3.59. The highest BCUT2D eigenvalue weighted by atomic mass is 79.9. The minimum Gasteiger partial charge on any atom is -0.497 e. The topological polar surface area (TPSA) is 21.3 Å². The zero-order valence-electron chi connectivity index (χ0n) is 11.1. The normalized spacial score (nSPS) is 12.2. The molecule has 1 atom stereocenters. The van der Waals surface area contributed by atoms with Crippen LogP contribution >= 0.6 is 43.5 Å². The molecule has 0 aliphatic carbocycles. The number of rotatable bonds is 4. The molecule has 2 aromatic rings. The molecule has 2 nitrogen and oxygen atoms in total. The van der Waals surface area contributed by atoms with E-state index in [1.807, 2.05) is 43.4 Å². The minimum atomic E-state index is 0.0730. The third-order valence-corrected chi connectivity index (χ3v) is 4.98. The second-order valence-electron chi connectivity index (χ2n) is 4.28. The van der Waals surface area contributed by atoms with Crippen molar-refractivity contribution in [3.63, 3.8) is 0 Å². The second kappa shape index (κ2) is 6.94. The highest BCUT2D eigenvalue weighted by molar-refractivity contribution is 9.10. The predicted molar refractivity (Wildman–Crippen MR) is 90.7 cm³/mol. The van der Waals surface area contributed by atoms with Gasteiger partial charge in [-0.05, 0) is 58.4 Å². The molecular formula is C15H14Br2ClNO. The molecule has 0 amide bonds. The first kappa shape index (κ1) is 15.8. The Labute approximate surface area is 140 Å². The summed E-state index contributed by atoms with van der Waals surface area (Å²) in [6, 6.07) is 12.0. The molecule has 0 heterocycles. The molecule has 1 unspecified atom stereocenters. The molecule has 0 aliphatic rings. The Morgan fingerprint density at radius 2 is 1.85 bits per heavy atom. The predicted octanol–water partition coefficient (Wildman–Crippen LogP) is 5.18. The number of nitrogens with one attached hydrogen (secondary N) is 1. The van der Waals surface area contributed by atoms with E-state index in [1.165, 1.54) is 0 Å². The largest absolute Gasteiger partial charge is 0.497 e. The van der Waals surface area contributed by atoms with Crippen LogP contribution in [0.1, 0.15) is 17.2 Å². The van der Waals surface area contributed by atoms with Crippen LogP contribution in [0.25, 0.3) is 0 Å². The smallest absolute Gasteiger partial charge is 0.120 e. The van der Waals surface area contributed by atoms with Gasteiger partial charge in [0, 0.05) is 8.95 Å². The van der Waals surface area contributed by atoms with Crippen molar-refractivity contribution in [2.75, 3.05) is 14.2 Å². The van der Waals surface area contributed by atoms with Gasteiger partial charge in [-0.3, -0.25) is 0 Å². The maximum Gasteiger partial charge on any atom is 0.120 e. The Balaban J connectivity index is 2.43. The zero-order valence-corrected chi connectivity index (χ0v) is 15.0. The number of halogens is 3. The molecule has 0 spiro atoms. The SMILES string of the molecule is CNC(c1ccc(Cl)c(Br)c1)c1ccc(OC)cc1Br. The van der Waals surface area contributed by atoms with E-state index < -0.39 is 0 Å². The van der Waals surface area contributed by atoms with Gasteiger partial charge in [-0.25, -0.2) is 0 Å². The molecule has 0 fully saturated rings. The second-order valence-corrected chi connectivity index (χ2v) is 6.40. The summed E-state index contributed by atoms with van der Waals surface area (Å²) in [5, 5.41) is 4.03. The first-order valence-electron chi connectivity index (χ1n) is 6.02. The highest BCUT2D eigenvalue weighted by Gasteiger charge is 2.16. The highest BCUT2D eigenvalue weighted by Crippen LogP contribution is 2.33. The summed E-state index contributed by atoms with van der Waals surface area (Å²) in [5.74, 6) is 0.827. The Morgan fingerprint density at radius 3 is 2.40 bits per heavy atom. The third kappa shape index (κ3) is 3.37. The van der Waals surface area contributed by atoms with Gasteiger partial charge >= 0.3 is 0 Å². The molecule has 106 valence electrons. The molecule has 5 heteroatoms. The first-order chi connectivity index (χ1) is 9.56. The summed E-state index contributed by atoms with van der Waals surface area (Å²) >= 11 is 13.1. The van der Waals surface area contributed by atoms with E-state index in [-0.39, 0.29) is 6.04 Å². The lowest BCUT2D eigenvalue weighted by molar-refractivity contribution is 0.414. The number of ether oxygens (including phenoxy) is 1. The molecular weight excluding hydrogens is 405 g/mol. The summed E-state index contributed by atoms with van der Waals surface area (Å²) in [5.41, 5.74) is 2.28. The van der Waals surface area contributed by atoms with Crippen LogP contribution < -0.4 is 10.1 Å². The van der Waals surface area contributed by atoms with Gasteiger partial charge in [0.1, 0.15) is 5.75 Å². The molecule has 1 N–H and O–H groups in total. The van der Waals surface area contributed by atoms with Gasteiger partial charge in [-0.1, -0.05) is 39.7 Å². The van der Waals surface area contributed by atoms with Crippen molar-refractivity contribution in [1.29, 1.82) is 0 Å². The van der Waals surface area contributed by atoms with Crippen LogP contribution in [0.5, 0.6) is 5.75 Å². The van der Waals surface area contributed by atoms with E-state index in [0.717, 1.165) is 25.8 Å². The van der Waals surface area contributed by atoms with E-state index in [1.54, 1.807) is 7.11 Å². The number of hydrogen-bond donors (Lipinski definition) is 1. The molecule has 2 rings (SSSR count). The van der Waals surface area contributed by atoms with E-state index >= 15 is 0 Å². The summed E-state index contributed by atoms with van der Waals surface area (Å²) < 4.78 is 7.12. The monoisotopic (exact) mass is 417 g/mol. The molecule has 0 aliphatic heterocycles. The van der Waals surface area contributed by atoms with Crippen molar-refractivity contribution < 1.29 is 4.74 Å². The van der Waals surface area contributed by atoms with Crippen LogP contribution in [0.2, 0.25) is 5.02 Å². The standard InChI is InChI=1S/C15H14Br2ClNO/c1-19-15(9-3-6-14(18)13(17)7-9)11-5-4-10(20-2)8-12(11)16/h3-8,15,19H,1-2H3. The third-order valence-electron chi connectivity index (χ3n) is 3.08. The van der Waals surface area contributed by atoms with E-state index in [0.29, 0.717) is 5.02 Å². The Hall–Kier alpha value is -0.550. The molecule has 2 aromatic carbocycles. The van der Waals surface area contributed by atoms with Crippen LogP contribution in [-0.2, 0) is 0 Å². The molecule has 0 saturated carbocycles. The maximum absolute atomic E-state index is 6.05. The van der Waals surface area contributed by atoms with Gasteiger partial charge in [0.25, 0.3) is 0 Å². The van der Waals surface area contributed by atoms with Gasteiger partial charge in [-0.2, -0.15) is 0 Å². The summed E-state index contributed by atoms with van der Waals surface area (Å²) in [6.45, 7) is 0. The number of methoxy groups -OCH3 is 1. The molecule has 0 radical (unpaired) electrons. The first-order valence-corrected chi connectivity index (χ1v) is 7.99. The van der Waals surface area contributed by atoms with Crippen LogP contribution in [0.15, 0.2) is 45.3 Å². The molecule has 0 bridgehead atoms. The van der Waals surface area contributed by atoms with E-state index in [2.05, 4.69) is 37.2 Å². The lowest BCUT2D eigenvalue weighted by Gasteiger charge is -2.20. The maximum atomic E-state index is 6.05. The molecule has 20 heavy (non-hydrogen) atoms. The van der Waals surface area contributed by atoms with Crippen molar-refractivity contribution in [3.8, 4) is 5.75 Å². The molecule has 0 saturated heterocycles. The fourth-order valence-corrected chi connectivity index (χ4v) is 3.16. The Bertz CT molecular complexity index is 619. The van der Waals surface area contributed by atoms with Crippen molar-refractivity contribution >= 4 is 43.5 Å². The van der Waals surface area contributed by atoms with E-state index in [9.17, 15) is 0 Å². The van der Waals surface area contributed by atoms with Crippen molar-refractivity contribution in [1.82, 2.24) is 5.32 Å². The van der Waals surface area contributed by atoms with Gasteiger partial charge in [0.2, 0.25) is 0 Å². The lowest BCUT2D eigenvalue weighted by atomic mass is 9.99. The van der Waals surface area contributed by atoms with Gasteiger partial charge in [0.15, 0.2) is 0 Å². The quantitative estimate of drug-likeness (QED) is 0.737. The molecule has 0 aromatic heterocycles. The average Bonchev–Trinajstić information content (AvgIpc) is 2.45. The van der Waals surface area contributed by atoms with Gasteiger partial charge in [0.05, 0.1) is 18.2 Å². The van der Waals surface area contributed by atoms with E-state index in [4.69, 9.17) is 16.3 Å². The zero-order chi connectivity index (χ0) is 14.7. The van der Waals surface area contributed by atoms with Gasteiger partial charge < -0.3 is 10.1 Å². The fraction of sp³-hybridized carbons (Fsp3) is 0.200.